The van der Waals surface area contributed by atoms with Gasteiger partial charge in [-0.15, -0.1) is 0 Å². The zero-order valence-electron chi connectivity index (χ0n) is 17.6. The van der Waals surface area contributed by atoms with Gasteiger partial charge in [0.25, 0.3) is 17.9 Å². The van der Waals surface area contributed by atoms with Gasteiger partial charge in [-0.05, 0) is 48.5 Å². The molecule has 34 heavy (non-hydrogen) atoms. The van der Waals surface area contributed by atoms with Crippen LogP contribution in [0.1, 0.15) is 0 Å². The summed E-state index contributed by atoms with van der Waals surface area (Å²) in [5.41, 5.74) is 1.76. The number of carbonyl (C=O) groups is 3. The minimum absolute atomic E-state index is 0.269. The van der Waals surface area contributed by atoms with E-state index in [1.165, 1.54) is 0 Å². The zero-order chi connectivity index (χ0) is 23.5. The normalized spacial score (nSPS) is 13.8. The van der Waals surface area contributed by atoms with Crippen molar-refractivity contribution in [3.05, 3.63) is 85.1 Å². The summed E-state index contributed by atoms with van der Waals surface area (Å²) in [5.74, 6) is 0.933. The van der Waals surface area contributed by atoms with Crippen LogP contribution >= 0.6 is 0 Å². The summed E-state index contributed by atoms with van der Waals surface area (Å²) in [6.07, 6.45) is 0.242. The number of benzene rings is 3. The number of aromatic nitrogens is 1. The van der Waals surface area contributed by atoms with Gasteiger partial charge in [0.2, 0.25) is 5.89 Å². The molecule has 0 radical (unpaired) electrons. The first-order valence-corrected chi connectivity index (χ1v) is 10.3. The van der Waals surface area contributed by atoms with Crippen LogP contribution in [0.2, 0.25) is 0 Å². The van der Waals surface area contributed by atoms with Gasteiger partial charge in [0.1, 0.15) is 17.2 Å². The van der Waals surface area contributed by atoms with Crippen molar-refractivity contribution in [1.29, 1.82) is 0 Å². The molecule has 9 nitrogen and oxygen atoms in total. The van der Waals surface area contributed by atoms with Crippen molar-refractivity contribution < 1.29 is 28.3 Å². The van der Waals surface area contributed by atoms with E-state index in [0.29, 0.717) is 23.1 Å². The number of nitrogens with zero attached hydrogens (tertiary/aromatic N) is 1. The van der Waals surface area contributed by atoms with Crippen LogP contribution in [0, 0.1) is 0 Å². The molecule has 3 aromatic carbocycles. The van der Waals surface area contributed by atoms with Crippen molar-refractivity contribution in [1.82, 2.24) is 15.6 Å². The van der Waals surface area contributed by atoms with Crippen LogP contribution in [0.4, 0.5) is 4.79 Å². The molecule has 1 saturated heterocycles. The van der Waals surface area contributed by atoms with Gasteiger partial charge in [-0.1, -0.05) is 30.3 Å². The fourth-order valence-electron chi connectivity index (χ4n) is 3.28. The predicted molar refractivity (Wildman–Crippen MR) is 120 cm³/mol. The number of barbiturate groups is 1. The molecular weight excluding hydrogens is 438 g/mol. The van der Waals surface area contributed by atoms with Crippen molar-refractivity contribution in [2.24, 2.45) is 0 Å². The quantitative estimate of drug-likeness (QED) is 0.423. The van der Waals surface area contributed by atoms with Crippen LogP contribution < -0.4 is 20.1 Å². The van der Waals surface area contributed by atoms with E-state index in [2.05, 4.69) is 4.98 Å². The van der Waals surface area contributed by atoms with Crippen molar-refractivity contribution in [3.63, 3.8) is 0 Å². The van der Waals surface area contributed by atoms with Gasteiger partial charge >= 0.3 is 6.03 Å². The third kappa shape index (κ3) is 4.49. The molecule has 168 valence electrons. The Morgan fingerprint density at radius 1 is 0.706 bits per heavy atom. The smallest absolute Gasteiger partial charge is 0.328 e. The van der Waals surface area contributed by atoms with E-state index in [0.717, 1.165) is 11.1 Å². The van der Waals surface area contributed by atoms with E-state index in [1.807, 2.05) is 53.1 Å². The lowest BCUT2D eigenvalue weighted by atomic mass is 10.2. The van der Waals surface area contributed by atoms with Crippen LogP contribution in [0.25, 0.3) is 22.8 Å². The summed E-state index contributed by atoms with van der Waals surface area (Å²) in [7, 11) is 0. The van der Waals surface area contributed by atoms with Crippen molar-refractivity contribution >= 4 is 17.8 Å². The Morgan fingerprint density at radius 3 is 1.94 bits per heavy atom. The van der Waals surface area contributed by atoms with Gasteiger partial charge in [0.05, 0.1) is 6.20 Å². The molecule has 0 spiro atoms. The van der Waals surface area contributed by atoms with E-state index in [1.54, 1.807) is 42.6 Å². The first-order valence-electron chi connectivity index (χ1n) is 10.3. The molecule has 4 amide bonds. The van der Waals surface area contributed by atoms with Gasteiger partial charge < -0.3 is 13.9 Å². The highest BCUT2D eigenvalue weighted by atomic mass is 16.5. The highest BCUT2D eigenvalue weighted by Gasteiger charge is 2.36. The maximum absolute atomic E-state index is 11.8. The Morgan fingerprint density at radius 2 is 1.29 bits per heavy atom. The number of nitrogens with one attached hydrogen (secondary N) is 2. The van der Waals surface area contributed by atoms with Crippen LogP contribution in [0.15, 0.2) is 89.5 Å². The third-order valence-corrected chi connectivity index (χ3v) is 4.93. The Balaban J connectivity index is 1.22. The molecule has 0 bridgehead atoms. The van der Waals surface area contributed by atoms with Crippen molar-refractivity contribution in [3.8, 4) is 40.0 Å². The molecule has 5 rings (SSSR count). The Bertz CT molecular complexity index is 1330. The SMILES string of the molecule is O=C1NC(=O)C(Oc2ccc(Oc3ccc(-c4ncc(-c5ccccc5)o4)cc3)cc2)C(=O)N1. The van der Waals surface area contributed by atoms with E-state index in [4.69, 9.17) is 13.9 Å². The number of hydrogen-bond acceptors (Lipinski definition) is 7. The first-order chi connectivity index (χ1) is 16.5. The fourth-order valence-corrected chi connectivity index (χ4v) is 3.28. The summed E-state index contributed by atoms with van der Waals surface area (Å²) < 4.78 is 17.1. The van der Waals surface area contributed by atoms with Gasteiger partial charge in [0.15, 0.2) is 5.76 Å². The Kier molecular flexibility index (Phi) is 5.49. The molecule has 2 heterocycles. The van der Waals surface area contributed by atoms with Gasteiger partial charge in [-0.25, -0.2) is 9.78 Å². The molecule has 0 saturated carbocycles. The highest BCUT2D eigenvalue weighted by molar-refractivity contribution is 6.18. The molecule has 0 atom stereocenters. The zero-order valence-corrected chi connectivity index (χ0v) is 17.6. The lowest BCUT2D eigenvalue weighted by Gasteiger charge is -2.21. The highest BCUT2D eigenvalue weighted by Crippen LogP contribution is 2.29. The predicted octanol–water partition coefficient (Wildman–Crippen LogP) is 3.91. The number of ether oxygens (including phenoxy) is 2. The summed E-state index contributed by atoms with van der Waals surface area (Å²) in [5, 5.41) is 3.96. The Hall–Kier alpha value is -4.92. The summed E-state index contributed by atoms with van der Waals surface area (Å²) in [6, 6.07) is 22.5. The molecular formula is C25H17N3O6. The molecule has 1 aliphatic heterocycles. The number of urea groups is 1. The maximum Gasteiger partial charge on any atom is 0.328 e. The number of imide groups is 2. The van der Waals surface area contributed by atoms with Gasteiger partial charge in [-0.2, -0.15) is 0 Å². The monoisotopic (exact) mass is 455 g/mol. The standard InChI is InChI=1S/C25H17N3O6/c29-22-21(23(30)28-25(31)27-22)33-19-12-10-18(11-13-19)32-17-8-6-16(7-9-17)24-26-14-20(34-24)15-4-2-1-3-5-15/h1-14,21H,(H2,27,28,29,30,31). The average molecular weight is 455 g/mol. The maximum atomic E-state index is 11.8. The van der Waals surface area contributed by atoms with E-state index in [-0.39, 0.29) is 5.75 Å². The van der Waals surface area contributed by atoms with E-state index < -0.39 is 23.9 Å². The minimum Gasteiger partial charge on any atom is -0.471 e. The topological polar surface area (TPSA) is 120 Å². The first kappa shape index (κ1) is 21.0. The van der Waals surface area contributed by atoms with Crippen molar-refractivity contribution in [2.45, 2.75) is 6.10 Å². The minimum atomic E-state index is -1.45. The Labute approximate surface area is 193 Å². The average Bonchev–Trinajstić information content (AvgIpc) is 3.34. The van der Waals surface area contributed by atoms with Crippen LogP contribution in [-0.4, -0.2) is 28.9 Å². The summed E-state index contributed by atoms with van der Waals surface area (Å²) in [4.78, 5) is 39.0. The number of oxazole rings is 1. The number of hydrogen-bond donors (Lipinski definition) is 2. The molecule has 9 heteroatoms. The number of carbonyl (C=O) groups excluding carboxylic acids is 3. The number of rotatable bonds is 6. The molecule has 1 aromatic heterocycles. The second-order valence-corrected chi connectivity index (χ2v) is 7.30. The van der Waals surface area contributed by atoms with Gasteiger partial charge in [-0.3, -0.25) is 20.2 Å². The molecule has 4 aromatic rings. The molecule has 2 N–H and O–H groups in total. The lowest BCUT2D eigenvalue weighted by molar-refractivity contribution is -0.139. The lowest BCUT2D eigenvalue weighted by Crippen LogP contribution is -2.60. The van der Waals surface area contributed by atoms with E-state index in [9.17, 15) is 14.4 Å². The summed E-state index contributed by atoms with van der Waals surface area (Å²) >= 11 is 0. The van der Waals surface area contributed by atoms with Crippen LogP contribution in [0.5, 0.6) is 17.2 Å². The van der Waals surface area contributed by atoms with Gasteiger partial charge in [0, 0.05) is 11.1 Å². The third-order valence-electron chi connectivity index (χ3n) is 4.93. The van der Waals surface area contributed by atoms with Crippen LogP contribution in [-0.2, 0) is 9.59 Å². The number of amides is 4. The molecule has 1 aliphatic rings. The second kappa shape index (κ2) is 8.91. The largest absolute Gasteiger partial charge is 0.471 e. The fraction of sp³-hybridized carbons (Fsp3) is 0.0400. The molecule has 0 unspecified atom stereocenters. The van der Waals surface area contributed by atoms with Crippen LogP contribution in [0.3, 0.4) is 0 Å². The van der Waals surface area contributed by atoms with Crippen molar-refractivity contribution in [2.75, 3.05) is 0 Å². The molecule has 0 aliphatic carbocycles. The van der Waals surface area contributed by atoms with E-state index >= 15 is 0 Å². The molecule has 1 fully saturated rings. The summed E-state index contributed by atoms with van der Waals surface area (Å²) in [6.45, 7) is 0. The second-order valence-electron chi connectivity index (χ2n) is 7.30.